The lowest BCUT2D eigenvalue weighted by atomic mass is 10.00. The molecule has 2 saturated heterocycles. The summed E-state index contributed by atoms with van der Waals surface area (Å²) in [6.07, 6.45) is -0.281. The first-order valence-corrected chi connectivity index (χ1v) is 18.6. The van der Waals surface area contributed by atoms with Crippen LogP contribution in [-0.2, 0) is 36.9 Å². The number of amides is 6. The molecule has 6 atom stereocenters. The topological polar surface area (TPSA) is 230 Å². The second-order valence-corrected chi connectivity index (χ2v) is 14.6. The molecule has 55 heavy (non-hydrogen) atoms. The van der Waals surface area contributed by atoms with E-state index in [1.165, 1.54) is 11.8 Å². The molecule has 5 rings (SSSR count). The van der Waals surface area contributed by atoms with Crippen molar-refractivity contribution >= 4 is 35.4 Å². The second kappa shape index (κ2) is 18.6. The maximum Gasteiger partial charge on any atom is 0.251 e. The molecular weight excluding hydrogens is 708 g/mol. The molecule has 2 aliphatic heterocycles. The highest BCUT2D eigenvalue weighted by Crippen LogP contribution is 2.20. The number of hydrogen-bond acceptors (Lipinski definition) is 10. The van der Waals surface area contributed by atoms with Gasteiger partial charge in [-0.05, 0) is 72.7 Å². The van der Waals surface area contributed by atoms with Crippen LogP contribution in [0.15, 0.2) is 54.6 Å². The van der Waals surface area contributed by atoms with E-state index < -0.39 is 71.8 Å². The van der Waals surface area contributed by atoms with Gasteiger partial charge in [0.2, 0.25) is 29.5 Å². The third-order valence-corrected chi connectivity index (χ3v) is 9.70. The number of tetrazole rings is 1. The van der Waals surface area contributed by atoms with Gasteiger partial charge in [-0.15, -0.1) is 5.10 Å². The lowest BCUT2D eigenvalue weighted by molar-refractivity contribution is -0.141. The van der Waals surface area contributed by atoms with Crippen LogP contribution in [0.4, 0.5) is 0 Å². The lowest BCUT2D eigenvalue weighted by Crippen LogP contribution is -2.59. The smallest absolute Gasteiger partial charge is 0.251 e. The molecule has 0 radical (unpaired) electrons. The van der Waals surface area contributed by atoms with Gasteiger partial charge >= 0.3 is 0 Å². The summed E-state index contributed by atoms with van der Waals surface area (Å²) in [7, 11) is 0. The van der Waals surface area contributed by atoms with Gasteiger partial charge in [0, 0.05) is 31.5 Å². The van der Waals surface area contributed by atoms with Crippen LogP contribution in [0.25, 0.3) is 0 Å². The highest BCUT2D eigenvalue weighted by atomic mass is 16.3. The van der Waals surface area contributed by atoms with Gasteiger partial charge in [-0.1, -0.05) is 56.3 Å². The van der Waals surface area contributed by atoms with Crippen LogP contribution in [-0.4, -0.2) is 115 Å². The van der Waals surface area contributed by atoms with Crippen molar-refractivity contribution < 1.29 is 33.9 Å². The average molecular weight is 759 g/mol. The summed E-state index contributed by atoms with van der Waals surface area (Å²) >= 11 is 0. The number of carbonyl (C=O) groups is 6. The van der Waals surface area contributed by atoms with Gasteiger partial charge in [0.1, 0.15) is 36.0 Å². The Hall–Kier alpha value is -5.71. The number of nitrogens with zero attached hydrogens (tertiary/aromatic N) is 5. The minimum Gasteiger partial charge on any atom is -0.391 e. The minimum atomic E-state index is -1.14. The average Bonchev–Trinajstić information content (AvgIpc) is 3.75. The standard InChI is InChI=1S/C38H50N10O7/c1-22(2)17-30-35(52)40-23(3)38(55)47-21-28(49)19-32(47)37(54)39-16-8-11-29(34(51)43-31(36(53)42-30)18-25-9-6-5-7-10-25)41-33(50)27-14-12-26(13-15-27)20-48-24(4)44-45-46-48/h5-7,9-10,12-15,22-23,28-32,49H,8,11,16-21H2,1-4H3,(H,39,54)(H,40,52)(H,41,50)(H,42,53)(H,43,51)/t23-,28+,29-,30-,31+,32-/m0/s1. The first-order valence-electron chi connectivity index (χ1n) is 18.6. The predicted molar refractivity (Wildman–Crippen MR) is 199 cm³/mol. The number of carbonyl (C=O) groups excluding carboxylic acids is 6. The lowest BCUT2D eigenvalue weighted by Gasteiger charge is -2.29. The maximum atomic E-state index is 14.1. The van der Waals surface area contributed by atoms with Gasteiger partial charge in [0.25, 0.3) is 5.91 Å². The van der Waals surface area contributed by atoms with Crippen molar-refractivity contribution in [1.29, 1.82) is 0 Å². The number of nitrogens with one attached hydrogen (secondary N) is 5. The van der Waals surface area contributed by atoms with E-state index >= 15 is 0 Å². The monoisotopic (exact) mass is 758 g/mol. The summed E-state index contributed by atoms with van der Waals surface area (Å²) < 4.78 is 1.62. The third kappa shape index (κ3) is 10.9. The fourth-order valence-electron chi connectivity index (χ4n) is 6.71. The van der Waals surface area contributed by atoms with E-state index in [1.807, 2.05) is 32.0 Å². The summed E-state index contributed by atoms with van der Waals surface area (Å²) in [5.41, 5.74) is 1.88. The number of rotatable bonds is 8. The molecule has 0 aliphatic carbocycles. The van der Waals surface area contributed by atoms with Crippen LogP contribution >= 0.6 is 0 Å². The predicted octanol–water partition coefficient (Wildman–Crippen LogP) is -0.237. The molecule has 3 aromatic rings. The Bertz CT molecular complexity index is 1830. The normalized spacial score (nSPS) is 24.5. The highest BCUT2D eigenvalue weighted by Gasteiger charge is 2.41. The molecule has 0 bridgehead atoms. The van der Waals surface area contributed by atoms with E-state index in [1.54, 1.807) is 48.0 Å². The van der Waals surface area contributed by atoms with E-state index in [2.05, 4.69) is 42.1 Å². The van der Waals surface area contributed by atoms with Crippen LogP contribution in [0, 0.1) is 12.8 Å². The Kier molecular flexibility index (Phi) is 13.7. The quantitative estimate of drug-likeness (QED) is 0.177. The van der Waals surface area contributed by atoms with Crippen LogP contribution in [0.5, 0.6) is 0 Å². The van der Waals surface area contributed by atoms with Crippen molar-refractivity contribution in [1.82, 2.24) is 51.7 Å². The molecule has 0 spiro atoms. The SMILES string of the molecule is Cc1nnnn1Cc1ccc(C(=O)N[C@H]2CCCNC(=O)[C@@H]3C[C@@H](O)CN3C(=O)[C@H](C)NC(=O)[C@H](CC(C)C)NC(=O)[C@@H](Cc3ccccc3)NC2=O)cc1. The number of fused-ring (bicyclic) bond motifs is 1. The first kappa shape index (κ1) is 40.5. The molecule has 17 heteroatoms. The largest absolute Gasteiger partial charge is 0.391 e. The van der Waals surface area contributed by atoms with E-state index in [0.717, 1.165) is 11.1 Å². The Morgan fingerprint density at radius 2 is 1.60 bits per heavy atom. The Balaban J connectivity index is 1.41. The van der Waals surface area contributed by atoms with Crippen LogP contribution in [0.2, 0.25) is 0 Å². The number of aliphatic hydroxyl groups is 1. The summed E-state index contributed by atoms with van der Waals surface area (Å²) in [5.74, 6) is -2.83. The van der Waals surface area contributed by atoms with Crippen LogP contribution in [0.1, 0.15) is 73.8 Å². The van der Waals surface area contributed by atoms with Crippen molar-refractivity contribution in [2.45, 2.75) is 103 Å². The Labute approximate surface area is 319 Å². The fraction of sp³-hybridized carbons (Fsp3) is 0.500. The van der Waals surface area contributed by atoms with Crippen LogP contribution < -0.4 is 26.6 Å². The summed E-state index contributed by atoms with van der Waals surface area (Å²) in [6, 6.07) is 10.5. The zero-order valence-electron chi connectivity index (χ0n) is 31.5. The molecule has 0 unspecified atom stereocenters. The molecule has 17 nitrogen and oxygen atoms in total. The molecule has 294 valence electrons. The van der Waals surface area contributed by atoms with Gasteiger partial charge in [-0.3, -0.25) is 28.8 Å². The number of benzene rings is 2. The molecule has 6 amide bonds. The van der Waals surface area contributed by atoms with E-state index in [9.17, 15) is 33.9 Å². The van der Waals surface area contributed by atoms with E-state index in [0.29, 0.717) is 12.4 Å². The summed E-state index contributed by atoms with van der Waals surface area (Å²) in [5, 5.41) is 35.8. The summed E-state index contributed by atoms with van der Waals surface area (Å²) in [4.78, 5) is 83.4. The van der Waals surface area contributed by atoms with Crippen molar-refractivity contribution in [2.75, 3.05) is 13.1 Å². The number of aromatic nitrogens is 4. The molecule has 1 aromatic heterocycles. The van der Waals surface area contributed by atoms with Crippen molar-refractivity contribution in [3.05, 3.63) is 77.1 Å². The molecule has 3 heterocycles. The van der Waals surface area contributed by atoms with Crippen molar-refractivity contribution in [3.63, 3.8) is 0 Å². The molecule has 2 aromatic carbocycles. The summed E-state index contributed by atoms with van der Waals surface area (Å²) in [6.45, 7) is 7.44. The minimum absolute atomic E-state index is 0.0162. The molecule has 0 saturated carbocycles. The van der Waals surface area contributed by atoms with Crippen molar-refractivity contribution in [3.8, 4) is 0 Å². The second-order valence-electron chi connectivity index (χ2n) is 14.6. The fourth-order valence-corrected chi connectivity index (χ4v) is 6.71. The molecule has 2 aliphatic rings. The molecular formula is C38H50N10O7. The van der Waals surface area contributed by atoms with Crippen molar-refractivity contribution in [2.24, 2.45) is 5.92 Å². The third-order valence-electron chi connectivity index (χ3n) is 9.70. The number of hydrogen-bond donors (Lipinski definition) is 6. The van der Waals surface area contributed by atoms with E-state index in [4.69, 9.17) is 0 Å². The van der Waals surface area contributed by atoms with Gasteiger partial charge < -0.3 is 36.6 Å². The Morgan fingerprint density at radius 1 is 0.909 bits per heavy atom. The Morgan fingerprint density at radius 3 is 2.27 bits per heavy atom. The van der Waals surface area contributed by atoms with Gasteiger partial charge in [0.15, 0.2) is 0 Å². The van der Waals surface area contributed by atoms with Crippen LogP contribution in [0.3, 0.4) is 0 Å². The zero-order valence-corrected chi connectivity index (χ0v) is 31.5. The first-order chi connectivity index (χ1) is 26.3. The molecule has 6 N–H and O–H groups in total. The zero-order chi connectivity index (χ0) is 39.6. The maximum absolute atomic E-state index is 14.1. The number of aryl methyl sites for hydroxylation is 1. The van der Waals surface area contributed by atoms with Gasteiger partial charge in [-0.2, -0.15) is 0 Å². The van der Waals surface area contributed by atoms with E-state index in [-0.39, 0.29) is 56.7 Å². The van der Waals surface area contributed by atoms with Gasteiger partial charge in [0.05, 0.1) is 12.6 Å². The van der Waals surface area contributed by atoms with Gasteiger partial charge in [-0.25, -0.2) is 4.68 Å². The number of aliphatic hydroxyl groups excluding tert-OH is 1. The highest BCUT2D eigenvalue weighted by molar-refractivity contribution is 5.99. The molecule has 2 fully saturated rings.